The Morgan fingerprint density at radius 2 is 1.41 bits per heavy atom. The van der Waals surface area contributed by atoms with Crippen molar-refractivity contribution in [3.05, 3.63) is 65.2 Å². The maximum absolute atomic E-state index is 13.1. The number of methoxy groups -OCH3 is 4. The van der Waals surface area contributed by atoms with Crippen molar-refractivity contribution >= 4 is 27.7 Å². The molecule has 3 aromatic rings. The Morgan fingerprint density at radius 1 is 0.824 bits per heavy atom. The van der Waals surface area contributed by atoms with E-state index in [2.05, 4.69) is 0 Å². The molecule has 3 N–H and O–H groups in total. The molecule has 0 heterocycles. The molecule has 3 rings (SSSR count). The number of nitrogens with two attached hydrogens (primary N) is 1. The van der Waals surface area contributed by atoms with Crippen molar-refractivity contribution in [3.8, 4) is 28.7 Å². The molecular weight excluding hydrogens is 458 g/mol. The Kier molecular flexibility index (Phi) is 7.57. The van der Waals surface area contributed by atoms with E-state index in [1.807, 2.05) is 0 Å². The van der Waals surface area contributed by atoms with Gasteiger partial charge in [-0.25, -0.2) is 8.42 Å². The van der Waals surface area contributed by atoms with Crippen LogP contribution < -0.4 is 24.7 Å². The lowest BCUT2D eigenvalue weighted by molar-refractivity contribution is 0.324. The zero-order valence-corrected chi connectivity index (χ0v) is 20.2. The summed E-state index contributed by atoms with van der Waals surface area (Å²) in [4.78, 5) is 0.100. The molecule has 0 saturated carbocycles. The second kappa shape index (κ2) is 10.4. The monoisotopic (exact) mass is 485 g/mol. The highest BCUT2D eigenvalue weighted by molar-refractivity contribution is 7.90. The molecule has 0 atom stereocenters. The summed E-state index contributed by atoms with van der Waals surface area (Å²) >= 11 is 0. The predicted octanol–water partition coefficient (Wildman–Crippen LogP) is 4.15. The molecule has 34 heavy (non-hydrogen) atoms. The second-order valence-electron chi connectivity index (χ2n) is 7.30. The van der Waals surface area contributed by atoms with Crippen LogP contribution in [0.1, 0.15) is 16.7 Å². The van der Waals surface area contributed by atoms with Crippen molar-refractivity contribution in [2.24, 2.45) is 0 Å². The van der Waals surface area contributed by atoms with Crippen molar-refractivity contribution in [2.45, 2.75) is 10.6 Å². The van der Waals surface area contributed by atoms with Gasteiger partial charge in [-0.3, -0.25) is 0 Å². The van der Waals surface area contributed by atoms with Crippen LogP contribution >= 0.6 is 0 Å². The number of hydrogen-bond acceptors (Lipinski definition) is 8. The summed E-state index contributed by atoms with van der Waals surface area (Å²) in [7, 11) is 2.18. The van der Waals surface area contributed by atoms with E-state index in [0.717, 1.165) is 5.56 Å². The van der Waals surface area contributed by atoms with E-state index in [4.69, 9.17) is 24.7 Å². The molecule has 0 spiro atoms. The summed E-state index contributed by atoms with van der Waals surface area (Å²) in [6.45, 7) is 0. The van der Waals surface area contributed by atoms with Gasteiger partial charge in [0.2, 0.25) is 5.75 Å². The number of nitrogen functional groups attached to an aromatic ring is 1. The summed E-state index contributed by atoms with van der Waals surface area (Å²) in [6.07, 6.45) is 3.46. The molecule has 3 aromatic carbocycles. The number of sulfone groups is 1. The molecule has 9 heteroatoms. The van der Waals surface area contributed by atoms with Crippen molar-refractivity contribution in [3.63, 3.8) is 0 Å². The molecule has 0 amide bonds. The number of benzene rings is 3. The third-order valence-corrected chi connectivity index (χ3v) is 6.88. The molecule has 0 radical (unpaired) electrons. The maximum Gasteiger partial charge on any atom is 0.203 e. The Bertz CT molecular complexity index is 1270. The Balaban J connectivity index is 2.05. The normalized spacial score (nSPS) is 11.4. The minimum Gasteiger partial charge on any atom is -0.504 e. The largest absolute Gasteiger partial charge is 0.504 e. The number of hydrogen-bond donors (Lipinski definition) is 2. The van der Waals surface area contributed by atoms with Gasteiger partial charge < -0.3 is 29.8 Å². The van der Waals surface area contributed by atoms with E-state index >= 15 is 0 Å². The quantitative estimate of drug-likeness (QED) is 0.343. The van der Waals surface area contributed by atoms with Crippen molar-refractivity contribution in [2.75, 3.05) is 34.2 Å². The molecule has 0 aromatic heterocycles. The number of rotatable bonds is 9. The first kappa shape index (κ1) is 24.8. The fourth-order valence-electron chi connectivity index (χ4n) is 3.44. The van der Waals surface area contributed by atoms with Gasteiger partial charge in [-0.1, -0.05) is 18.2 Å². The van der Waals surface area contributed by atoms with Crippen LogP contribution in [0.5, 0.6) is 28.7 Å². The molecule has 180 valence electrons. The summed E-state index contributed by atoms with van der Waals surface area (Å²) in [6, 6.07) is 12.7. The molecule has 0 unspecified atom stereocenters. The number of phenolic OH excluding ortho intramolecular Hbond substituents is 1. The van der Waals surface area contributed by atoms with Crippen molar-refractivity contribution in [1.29, 1.82) is 0 Å². The van der Waals surface area contributed by atoms with E-state index in [1.54, 1.807) is 36.4 Å². The lowest BCUT2D eigenvalue weighted by Gasteiger charge is -2.14. The number of ether oxygens (including phenoxy) is 4. The van der Waals surface area contributed by atoms with Crippen LogP contribution in [-0.4, -0.2) is 42.0 Å². The first-order valence-corrected chi connectivity index (χ1v) is 11.8. The predicted molar refractivity (Wildman–Crippen MR) is 131 cm³/mol. The Hall–Kier alpha value is -3.85. The third-order valence-electron chi connectivity index (χ3n) is 5.22. The van der Waals surface area contributed by atoms with E-state index in [-0.39, 0.29) is 22.0 Å². The van der Waals surface area contributed by atoms with Crippen LogP contribution in [0.25, 0.3) is 12.2 Å². The standard InChI is InChI=1S/C25H27NO7S/c1-30-21-12-7-17(6-5-16-13-22(31-2)25(33-4)23(14-16)32-3)20(24(21)27)15-34(28,29)19-10-8-18(26)9-11-19/h5-14,27H,15,26H2,1-4H3/b6-5-. The average Bonchev–Trinajstić information content (AvgIpc) is 2.83. The number of anilines is 1. The van der Waals surface area contributed by atoms with Crippen LogP contribution in [0.3, 0.4) is 0 Å². The SMILES string of the molecule is COc1ccc(/C=C\c2cc(OC)c(OC)c(OC)c2)c(CS(=O)(=O)c2ccc(N)cc2)c1O. The fraction of sp³-hybridized carbons (Fsp3) is 0.200. The molecule has 0 fully saturated rings. The molecule has 0 saturated heterocycles. The molecule has 0 aliphatic rings. The van der Waals surface area contributed by atoms with E-state index < -0.39 is 15.6 Å². The van der Waals surface area contributed by atoms with Gasteiger partial charge in [0.25, 0.3) is 0 Å². The lowest BCUT2D eigenvalue weighted by atomic mass is 10.0. The minimum atomic E-state index is -3.77. The van der Waals surface area contributed by atoms with Gasteiger partial charge in [-0.15, -0.1) is 0 Å². The highest BCUT2D eigenvalue weighted by Crippen LogP contribution is 2.39. The van der Waals surface area contributed by atoms with Crippen LogP contribution in [0.2, 0.25) is 0 Å². The molecule has 0 bridgehead atoms. The maximum atomic E-state index is 13.1. The first-order valence-electron chi connectivity index (χ1n) is 10.2. The summed E-state index contributed by atoms with van der Waals surface area (Å²) in [5, 5.41) is 10.8. The van der Waals surface area contributed by atoms with Gasteiger partial charge in [-0.05, 0) is 53.6 Å². The summed E-state index contributed by atoms with van der Waals surface area (Å²) < 4.78 is 47.4. The van der Waals surface area contributed by atoms with E-state index in [9.17, 15) is 13.5 Å². The smallest absolute Gasteiger partial charge is 0.203 e. The van der Waals surface area contributed by atoms with Gasteiger partial charge >= 0.3 is 0 Å². The zero-order valence-electron chi connectivity index (χ0n) is 19.4. The van der Waals surface area contributed by atoms with Crippen molar-refractivity contribution < 1.29 is 32.5 Å². The Morgan fingerprint density at radius 3 is 1.94 bits per heavy atom. The molecule has 0 aliphatic carbocycles. The fourth-order valence-corrected chi connectivity index (χ4v) is 4.84. The van der Waals surface area contributed by atoms with E-state index in [0.29, 0.717) is 28.5 Å². The van der Waals surface area contributed by atoms with Gasteiger partial charge in [-0.2, -0.15) is 0 Å². The van der Waals surface area contributed by atoms with Crippen LogP contribution in [0, 0.1) is 0 Å². The summed E-state index contributed by atoms with van der Waals surface area (Å²) in [5.41, 5.74) is 7.57. The van der Waals surface area contributed by atoms with Crippen LogP contribution in [0.15, 0.2) is 53.4 Å². The molecule has 8 nitrogen and oxygen atoms in total. The lowest BCUT2D eigenvalue weighted by Crippen LogP contribution is -2.07. The van der Waals surface area contributed by atoms with Gasteiger partial charge in [0.15, 0.2) is 32.8 Å². The van der Waals surface area contributed by atoms with Gasteiger partial charge in [0.05, 0.1) is 39.1 Å². The summed E-state index contributed by atoms with van der Waals surface area (Å²) in [5.74, 6) is 0.908. The van der Waals surface area contributed by atoms with Gasteiger partial charge in [0.1, 0.15) is 0 Å². The number of aromatic hydroxyl groups is 1. The number of phenols is 1. The first-order chi connectivity index (χ1) is 16.2. The molecular formula is C25H27NO7S. The second-order valence-corrected chi connectivity index (χ2v) is 9.29. The zero-order chi connectivity index (χ0) is 24.9. The molecule has 0 aliphatic heterocycles. The van der Waals surface area contributed by atoms with Crippen LogP contribution in [-0.2, 0) is 15.6 Å². The highest BCUT2D eigenvalue weighted by Gasteiger charge is 2.22. The van der Waals surface area contributed by atoms with Gasteiger partial charge in [0, 0.05) is 11.3 Å². The minimum absolute atomic E-state index is 0.100. The van der Waals surface area contributed by atoms with Crippen molar-refractivity contribution in [1.82, 2.24) is 0 Å². The van der Waals surface area contributed by atoms with E-state index in [1.165, 1.54) is 52.7 Å². The van der Waals surface area contributed by atoms with Crippen LogP contribution in [0.4, 0.5) is 5.69 Å². The Labute approximate surface area is 199 Å². The average molecular weight is 486 g/mol. The third kappa shape index (κ3) is 5.20. The topological polar surface area (TPSA) is 117 Å². The highest BCUT2D eigenvalue weighted by atomic mass is 32.2.